The third-order valence-corrected chi connectivity index (χ3v) is 7.26. The van der Waals surface area contributed by atoms with Crippen molar-refractivity contribution < 1.29 is 28.5 Å². The van der Waals surface area contributed by atoms with Crippen LogP contribution in [0, 0.1) is 6.92 Å². The van der Waals surface area contributed by atoms with E-state index in [4.69, 9.17) is 23.7 Å². The molecule has 1 atom stereocenters. The lowest BCUT2D eigenvalue weighted by molar-refractivity contribution is -0.139. The molecule has 0 bridgehead atoms. The average molecular weight is 507 g/mol. The number of benzene rings is 2. The van der Waals surface area contributed by atoms with Crippen molar-refractivity contribution in [2.45, 2.75) is 26.8 Å². The molecule has 3 aliphatic rings. The summed E-state index contributed by atoms with van der Waals surface area (Å²) in [6, 6.07) is 8.43. The molecule has 36 heavy (non-hydrogen) atoms. The monoisotopic (exact) mass is 506 g/mol. The number of esters is 1. The third kappa shape index (κ3) is 3.56. The Morgan fingerprint density at radius 3 is 2.53 bits per heavy atom. The summed E-state index contributed by atoms with van der Waals surface area (Å²) < 4.78 is 29.4. The lowest BCUT2D eigenvalue weighted by atomic mass is 9.95. The minimum Gasteiger partial charge on any atom is -0.463 e. The molecule has 0 saturated heterocycles. The van der Waals surface area contributed by atoms with Gasteiger partial charge in [-0.3, -0.25) is 9.36 Å². The van der Waals surface area contributed by atoms with Gasteiger partial charge in [0.25, 0.3) is 5.56 Å². The number of thiazole rings is 1. The zero-order valence-electron chi connectivity index (χ0n) is 19.8. The average Bonchev–Trinajstić information content (AvgIpc) is 3.57. The topological polar surface area (TPSA) is 97.6 Å². The van der Waals surface area contributed by atoms with Crippen molar-refractivity contribution in [1.82, 2.24) is 4.57 Å². The molecule has 6 rings (SSSR count). The highest BCUT2D eigenvalue weighted by molar-refractivity contribution is 7.07. The van der Waals surface area contributed by atoms with Crippen molar-refractivity contribution in [2.24, 2.45) is 4.99 Å². The summed E-state index contributed by atoms with van der Waals surface area (Å²) in [5, 5.41) is 0. The Bertz CT molecular complexity index is 1630. The van der Waals surface area contributed by atoms with E-state index >= 15 is 0 Å². The van der Waals surface area contributed by atoms with E-state index in [1.807, 2.05) is 31.2 Å². The van der Waals surface area contributed by atoms with Gasteiger partial charge in [0, 0.05) is 0 Å². The third-order valence-electron chi connectivity index (χ3n) is 6.28. The number of allylic oxidation sites excluding steroid dienone is 1. The van der Waals surface area contributed by atoms with Crippen molar-refractivity contribution in [3.8, 4) is 23.0 Å². The van der Waals surface area contributed by atoms with Crippen LogP contribution < -0.4 is 33.8 Å². The fourth-order valence-electron chi connectivity index (χ4n) is 4.55. The fourth-order valence-corrected chi connectivity index (χ4v) is 5.58. The first-order chi connectivity index (χ1) is 17.4. The maximum Gasteiger partial charge on any atom is 0.338 e. The predicted molar refractivity (Wildman–Crippen MR) is 130 cm³/mol. The van der Waals surface area contributed by atoms with Crippen LogP contribution in [0.3, 0.4) is 0 Å². The van der Waals surface area contributed by atoms with E-state index in [1.165, 1.54) is 11.3 Å². The zero-order chi connectivity index (χ0) is 25.0. The Morgan fingerprint density at radius 1 is 1.08 bits per heavy atom. The largest absolute Gasteiger partial charge is 0.463 e. The summed E-state index contributed by atoms with van der Waals surface area (Å²) >= 11 is 1.27. The first kappa shape index (κ1) is 22.4. The highest BCUT2D eigenvalue weighted by Crippen LogP contribution is 2.38. The van der Waals surface area contributed by atoms with Gasteiger partial charge in [0.1, 0.15) is 0 Å². The molecule has 2 aromatic carbocycles. The molecule has 1 aromatic heterocycles. The number of carbonyl (C=O) groups excluding carboxylic acids is 1. The van der Waals surface area contributed by atoms with E-state index in [0.29, 0.717) is 49.2 Å². The Labute approximate surface area is 209 Å². The van der Waals surface area contributed by atoms with Crippen LogP contribution in [0.1, 0.15) is 36.6 Å². The summed E-state index contributed by atoms with van der Waals surface area (Å²) in [5.41, 5.74) is 3.04. The molecule has 0 aliphatic carbocycles. The van der Waals surface area contributed by atoms with Gasteiger partial charge in [0.05, 0.1) is 28.5 Å². The first-order valence-electron chi connectivity index (χ1n) is 11.4. The molecule has 0 radical (unpaired) electrons. The quantitative estimate of drug-likeness (QED) is 0.502. The van der Waals surface area contributed by atoms with Gasteiger partial charge >= 0.3 is 5.97 Å². The van der Waals surface area contributed by atoms with E-state index in [1.54, 1.807) is 30.5 Å². The Hall–Kier alpha value is -4.05. The van der Waals surface area contributed by atoms with Crippen molar-refractivity contribution in [3.05, 3.63) is 78.0 Å². The minimum absolute atomic E-state index is 0.121. The maximum atomic E-state index is 13.8. The lowest BCUT2D eigenvalue weighted by Crippen LogP contribution is -2.39. The standard InChI is InChI=1S/C26H22N2O7S/c1-4-31-25(30)22-14(3)27-26-28(23(22)15-5-6-17-19(8-15)34-11-32-17)24(29)21(36-26)10-16-9-20-18(7-13(16)2)33-12-35-20/h5-10,23H,4,11-12H2,1-3H3/b21-10-/t23-/m0/s1. The number of aromatic nitrogens is 1. The van der Waals surface area contributed by atoms with Crippen LogP contribution in [0.5, 0.6) is 23.0 Å². The van der Waals surface area contributed by atoms with Gasteiger partial charge in [0.2, 0.25) is 13.6 Å². The molecule has 0 saturated carbocycles. The van der Waals surface area contributed by atoms with Gasteiger partial charge in [-0.05, 0) is 67.8 Å². The summed E-state index contributed by atoms with van der Waals surface area (Å²) in [6.45, 7) is 5.94. The van der Waals surface area contributed by atoms with E-state index in [-0.39, 0.29) is 25.8 Å². The zero-order valence-corrected chi connectivity index (χ0v) is 20.6. The first-order valence-corrected chi connectivity index (χ1v) is 12.3. The molecule has 184 valence electrons. The second-order valence-corrected chi connectivity index (χ2v) is 9.49. The van der Waals surface area contributed by atoms with E-state index in [2.05, 4.69) is 4.99 Å². The molecular formula is C26H22N2O7S. The van der Waals surface area contributed by atoms with Gasteiger partial charge in [-0.2, -0.15) is 0 Å². The molecule has 3 aliphatic heterocycles. The van der Waals surface area contributed by atoms with Crippen LogP contribution in [0.2, 0.25) is 0 Å². The molecule has 10 heteroatoms. The lowest BCUT2D eigenvalue weighted by Gasteiger charge is -2.24. The van der Waals surface area contributed by atoms with Crippen LogP contribution in [0.15, 0.2) is 51.4 Å². The molecule has 0 unspecified atom stereocenters. The van der Waals surface area contributed by atoms with Gasteiger partial charge in [0.15, 0.2) is 27.8 Å². The van der Waals surface area contributed by atoms with Crippen molar-refractivity contribution in [1.29, 1.82) is 0 Å². The summed E-state index contributed by atoms with van der Waals surface area (Å²) in [4.78, 5) is 32.0. The van der Waals surface area contributed by atoms with Gasteiger partial charge in [-0.1, -0.05) is 17.4 Å². The second-order valence-electron chi connectivity index (χ2n) is 8.48. The summed E-state index contributed by atoms with van der Waals surface area (Å²) in [6.07, 6.45) is 1.82. The van der Waals surface area contributed by atoms with Crippen molar-refractivity contribution in [3.63, 3.8) is 0 Å². The van der Waals surface area contributed by atoms with E-state index < -0.39 is 12.0 Å². The fraction of sp³-hybridized carbons (Fsp3) is 0.269. The van der Waals surface area contributed by atoms with Crippen molar-refractivity contribution >= 4 is 23.4 Å². The van der Waals surface area contributed by atoms with E-state index in [9.17, 15) is 9.59 Å². The minimum atomic E-state index is -0.727. The van der Waals surface area contributed by atoms with Crippen molar-refractivity contribution in [2.75, 3.05) is 20.2 Å². The number of nitrogens with zero attached hydrogens (tertiary/aromatic N) is 2. The molecule has 9 nitrogen and oxygen atoms in total. The molecule has 0 fully saturated rings. The van der Waals surface area contributed by atoms with E-state index in [0.717, 1.165) is 11.1 Å². The molecule has 3 aromatic rings. The second kappa shape index (κ2) is 8.56. The SMILES string of the molecule is CCOC(=O)C1=C(C)N=c2s/c(=C\c3cc4c(cc3C)OCO4)c(=O)n2[C@H]1c1ccc2c(c1)OCO2. The molecule has 0 spiro atoms. The molecule has 0 amide bonds. The number of carbonyl (C=O) groups is 1. The number of rotatable bonds is 4. The van der Waals surface area contributed by atoms with Crippen LogP contribution in [-0.2, 0) is 9.53 Å². The number of fused-ring (bicyclic) bond motifs is 3. The number of hydrogen-bond donors (Lipinski definition) is 0. The van der Waals surface area contributed by atoms with Gasteiger partial charge < -0.3 is 23.7 Å². The van der Waals surface area contributed by atoms with Gasteiger partial charge in [-0.25, -0.2) is 9.79 Å². The predicted octanol–water partition coefficient (Wildman–Crippen LogP) is 2.56. The Balaban J connectivity index is 1.54. The highest BCUT2D eigenvalue weighted by atomic mass is 32.1. The van der Waals surface area contributed by atoms with Crippen LogP contribution in [0.4, 0.5) is 0 Å². The number of aryl methyl sites for hydroxylation is 1. The summed E-state index contributed by atoms with van der Waals surface area (Å²) in [5.74, 6) is 1.98. The maximum absolute atomic E-state index is 13.8. The highest BCUT2D eigenvalue weighted by Gasteiger charge is 2.34. The van der Waals surface area contributed by atoms with Crippen LogP contribution in [-0.4, -0.2) is 30.7 Å². The normalized spacial score (nSPS) is 17.8. The molecule has 0 N–H and O–H groups in total. The van der Waals surface area contributed by atoms with Crippen LogP contribution >= 0.6 is 11.3 Å². The Morgan fingerprint density at radius 2 is 1.78 bits per heavy atom. The molecular weight excluding hydrogens is 484 g/mol. The van der Waals surface area contributed by atoms with Crippen LogP contribution in [0.25, 0.3) is 6.08 Å². The smallest absolute Gasteiger partial charge is 0.338 e. The number of ether oxygens (including phenoxy) is 5. The Kier molecular flexibility index (Phi) is 5.33. The molecule has 4 heterocycles. The van der Waals surface area contributed by atoms with Gasteiger partial charge in [-0.15, -0.1) is 0 Å². The summed E-state index contributed by atoms with van der Waals surface area (Å²) in [7, 11) is 0. The number of hydrogen-bond acceptors (Lipinski definition) is 9.